The lowest BCUT2D eigenvalue weighted by molar-refractivity contribution is -0.889. The van der Waals surface area contributed by atoms with Crippen molar-refractivity contribution >= 4 is 11.8 Å². The number of likely N-dealkylation sites (N-methyl/N-ethyl adjacent to an activating group) is 1. The molecule has 0 spiro atoms. The number of quaternary nitrogens is 1. The van der Waals surface area contributed by atoms with E-state index in [2.05, 4.69) is 0 Å². The molecular weight excluding hydrogens is 182 g/mol. The SMILES string of the molecule is CC(=O)CCCC(C(=O)[O-])[N+](C)(C)C. The smallest absolute Gasteiger partial charge is 0.129 e. The molecule has 4 nitrogen and oxygen atoms in total. The van der Waals surface area contributed by atoms with Crippen molar-refractivity contribution in [3.05, 3.63) is 0 Å². The lowest BCUT2D eigenvalue weighted by Crippen LogP contribution is -2.54. The Hall–Kier alpha value is -0.900. The molecule has 0 radical (unpaired) electrons. The van der Waals surface area contributed by atoms with Crippen molar-refractivity contribution in [3.8, 4) is 0 Å². The highest BCUT2D eigenvalue weighted by atomic mass is 16.4. The van der Waals surface area contributed by atoms with Gasteiger partial charge in [-0.25, -0.2) is 0 Å². The predicted octanol–water partition coefficient (Wildman–Crippen LogP) is -0.430. The lowest BCUT2D eigenvalue weighted by atomic mass is 10.1. The van der Waals surface area contributed by atoms with Crippen molar-refractivity contribution in [2.75, 3.05) is 21.1 Å². The van der Waals surface area contributed by atoms with Crippen LogP contribution in [0.25, 0.3) is 0 Å². The summed E-state index contributed by atoms with van der Waals surface area (Å²) >= 11 is 0. The number of hydrogen-bond donors (Lipinski definition) is 0. The van der Waals surface area contributed by atoms with Gasteiger partial charge in [0.2, 0.25) is 0 Å². The van der Waals surface area contributed by atoms with Crippen LogP contribution in [-0.2, 0) is 9.59 Å². The first-order valence-electron chi connectivity index (χ1n) is 4.76. The number of rotatable bonds is 6. The van der Waals surface area contributed by atoms with Gasteiger partial charge in [-0.2, -0.15) is 0 Å². The number of Topliss-reactive ketones (excluding diaryl/α,β-unsaturated/α-hetero) is 1. The van der Waals surface area contributed by atoms with Gasteiger partial charge in [-0.05, 0) is 13.3 Å². The van der Waals surface area contributed by atoms with Gasteiger partial charge in [-0.1, -0.05) is 0 Å². The van der Waals surface area contributed by atoms with Crippen molar-refractivity contribution in [1.82, 2.24) is 0 Å². The third kappa shape index (κ3) is 4.97. The fourth-order valence-electron chi connectivity index (χ4n) is 1.37. The number of carboxylic acids is 1. The van der Waals surface area contributed by atoms with Gasteiger partial charge < -0.3 is 19.2 Å². The molecule has 0 aromatic rings. The van der Waals surface area contributed by atoms with Crippen LogP contribution in [0.1, 0.15) is 26.2 Å². The Balaban J connectivity index is 4.13. The van der Waals surface area contributed by atoms with Crippen LogP contribution >= 0.6 is 0 Å². The zero-order chi connectivity index (χ0) is 11.4. The monoisotopic (exact) mass is 201 g/mol. The number of aliphatic carboxylic acids is 1. The van der Waals surface area contributed by atoms with E-state index in [1.54, 1.807) is 0 Å². The fourth-order valence-corrected chi connectivity index (χ4v) is 1.37. The molecule has 0 aliphatic carbocycles. The van der Waals surface area contributed by atoms with Crippen molar-refractivity contribution < 1.29 is 19.2 Å². The number of ketones is 1. The quantitative estimate of drug-likeness (QED) is 0.548. The molecule has 1 atom stereocenters. The Bertz CT molecular complexity index is 218. The van der Waals surface area contributed by atoms with Crippen LogP contribution in [0.2, 0.25) is 0 Å². The standard InChI is InChI=1S/C10H19NO3/c1-8(12)6-5-7-9(10(13)14)11(2,3)4/h9H,5-7H2,1-4H3. The number of carboxylic acid groups (broad SMARTS) is 1. The molecule has 0 saturated carbocycles. The van der Waals surface area contributed by atoms with Crippen LogP contribution in [0.4, 0.5) is 0 Å². The number of carbonyl (C=O) groups is 2. The van der Waals surface area contributed by atoms with Gasteiger partial charge in [-0.15, -0.1) is 0 Å². The molecule has 0 aliphatic rings. The number of hydrogen-bond acceptors (Lipinski definition) is 3. The average Bonchev–Trinajstić information content (AvgIpc) is 1.94. The highest BCUT2D eigenvalue weighted by Gasteiger charge is 2.24. The Morgan fingerprint density at radius 1 is 1.29 bits per heavy atom. The first-order valence-corrected chi connectivity index (χ1v) is 4.76. The number of nitrogens with zero attached hydrogens (tertiary/aromatic N) is 1. The molecule has 0 aliphatic heterocycles. The summed E-state index contributed by atoms with van der Waals surface area (Å²) in [6, 6.07) is -0.533. The summed E-state index contributed by atoms with van der Waals surface area (Å²) in [5, 5.41) is 10.8. The Morgan fingerprint density at radius 3 is 2.07 bits per heavy atom. The Kier molecular flexibility index (Phi) is 4.77. The molecule has 0 amide bonds. The van der Waals surface area contributed by atoms with E-state index in [-0.39, 0.29) is 5.78 Å². The zero-order valence-electron chi connectivity index (χ0n) is 9.37. The van der Waals surface area contributed by atoms with Gasteiger partial charge in [0.1, 0.15) is 11.8 Å². The highest BCUT2D eigenvalue weighted by Crippen LogP contribution is 2.11. The maximum Gasteiger partial charge on any atom is 0.129 e. The van der Waals surface area contributed by atoms with Crippen molar-refractivity contribution in [3.63, 3.8) is 0 Å². The molecule has 0 saturated heterocycles. The topological polar surface area (TPSA) is 57.2 Å². The molecule has 82 valence electrons. The maximum absolute atomic E-state index is 10.8. The first kappa shape index (κ1) is 13.1. The average molecular weight is 201 g/mol. The van der Waals surface area contributed by atoms with E-state index in [0.717, 1.165) is 0 Å². The molecule has 0 fully saturated rings. The summed E-state index contributed by atoms with van der Waals surface area (Å²) in [6.07, 6.45) is 1.55. The van der Waals surface area contributed by atoms with Crippen molar-refractivity contribution in [2.24, 2.45) is 0 Å². The molecule has 0 rings (SSSR count). The number of carbonyl (C=O) groups excluding carboxylic acids is 2. The van der Waals surface area contributed by atoms with Gasteiger partial charge in [0.05, 0.1) is 27.1 Å². The minimum atomic E-state index is -1.04. The zero-order valence-corrected chi connectivity index (χ0v) is 9.37. The first-order chi connectivity index (χ1) is 6.25. The molecule has 0 heterocycles. The van der Waals surface area contributed by atoms with E-state index in [0.29, 0.717) is 23.7 Å². The predicted molar refractivity (Wildman–Crippen MR) is 51.4 cm³/mol. The molecule has 0 aromatic carbocycles. The highest BCUT2D eigenvalue weighted by molar-refractivity contribution is 5.75. The minimum absolute atomic E-state index is 0.100. The van der Waals surface area contributed by atoms with Crippen molar-refractivity contribution in [2.45, 2.75) is 32.2 Å². The molecule has 0 aromatic heterocycles. The molecule has 1 unspecified atom stereocenters. The normalized spacial score (nSPS) is 13.7. The van der Waals surface area contributed by atoms with Gasteiger partial charge in [0.15, 0.2) is 0 Å². The maximum atomic E-state index is 10.8. The van der Waals surface area contributed by atoms with E-state index in [1.165, 1.54) is 6.92 Å². The second kappa shape index (κ2) is 5.10. The van der Waals surface area contributed by atoms with Gasteiger partial charge in [0.25, 0.3) is 0 Å². The summed E-state index contributed by atoms with van der Waals surface area (Å²) in [4.78, 5) is 21.5. The van der Waals surface area contributed by atoms with Crippen LogP contribution < -0.4 is 5.11 Å². The van der Waals surface area contributed by atoms with E-state index in [1.807, 2.05) is 21.1 Å². The summed E-state index contributed by atoms with van der Waals surface area (Å²) in [5.41, 5.74) is 0. The van der Waals surface area contributed by atoms with E-state index >= 15 is 0 Å². The third-order valence-corrected chi connectivity index (χ3v) is 2.21. The summed E-state index contributed by atoms with van der Waals surface area (Å²) in [5.74, 6) is -0.940. The van der Waals surface area contributed by atoms with Gasteiger partial charge in [-0.3, -0.25) is 0 Å². The van der Waals surface area contributed by atoms with Crippen LogP contribution in [0.15, 0.2) is 0 Å². The summed E-state index contributed by atoms with van der Waals surface area (Å²) < 4.78 is 0.334. The lowest BCUT2D eigenvalue weighted by Gasteiger charge is -2.34. The van der Waals surface area contributed by atoms with E-state index in [9.17, 15) is 14.7 Å². The molecule has 14 heavy (non-hydrogen) atoms. The molecular formula is C10H19NO3. The molecule has 0 N–H and O–H groups in total. The van der Waals surface area contributed by atoms with Crippen molar-refractivity contribution in [1.29, 1.82) is 0 Å². The third-order valence-electron chi connectivity index (χ3n) is 2.21. The Morgan fingerprint density at radius 2 is 1.79 bits per heavy atom. The van der Waals surface area contributed by atoms with Crippen LogP contribution in [-0.4, -0.2) is 43.4 Å². The summed E-state index contributed by atoms with van der Waals surface area (Å²) in [6.45, 7) is 1.51. The summed E-state index contributed by atoms with van der Waals surface area (Å²) in [7, 11) is 5.44. The van der Waals surface area contributed by atoms with Gasteiger partial charge in [0, 0.05) is 12.8 Å². The van der Waals surface area contributed by atoms with Crippen LogP contribution in [0.5, 0.6) is 0 Å². The second-order valence-corrected chi connectivity index (χ2v) is 4.55. The Labute approximate surface area is 85.1 Å². The van der Waals surface area contributed by atoms with E-state index in [4.69, 9.17) is 0 Å². The van der Waals surface area contributed by atoms with Gasteiger partial charge >= 0.3 is 0 Å². The minimum Gasteiger partial charge on any atom is -0.544 e. The molecule has 0 bridgehead atoms. The molecule has 4 heteroatoms. The van der Waals surface area contributed by atoms with Crippen LogP contribution in [0.3, 0.4) is 0 Å². The van der Waals surface area contributed by atoms with Crippen LogP contribution in [0, 0.1) is 0 Å². The van der Waals surface area contributed by atoms with E-state index < -0.39 is 12.0 Å². The second-order valence-electron chi connectivity index (χ2n) is 4.55. The largest absolute Gasteiger partial charge is 0.544 e. The fraction of sp³-hybridized carbons (Fsp3) is 0.800.